The minimum absolute atomic E-state index is 0.0210. The highest BCUT2D eigenvalue weighted by atomic mass is 16.4. The molecule has 96 valence electrons. The van der Waals surface area contributed by atoms with Crippen LogP contribution < -0.4 is 0 Å². The van der Waals surface area contributed by atoms with Crippen molar-refractivity contribution in [3.05, 3.63) is 41.1 Å². The maximum absolute atomic E-state index is 11.1. The molecule has 2 rings (SSSR count). The maximum Gasteiger partial charge on any atom is 0.337 e. The lowest BCUT2D eigenvalue weighted by atomic mass is 10.0. The van der Waals surface area contributed by atoms with Gasteiger partial charge in [-0.2, -0.15) is 0 Å². The molecule has 0 aliphatic rings. The Kier molecular flexibility index (Phi) is 2.88. The zero-order chi connectivity index (χ0) is 14.2. The van der Waals surface area contributed by atoms with E-state index >= 15 is 0 Å². The van der Waals surface area contributed by atoms with Gasteiger partial charge >= 0.3 is 17.9 Å². The van der Waals surface area contributed by atoms with Gasteiger partial charge in [-0.1, -0.05) is 0 Å². The quantitative estimate of drug-likeness (QED) is 0.760. The van der Waals surface area contributed by atoms with Gasteiger partial charge in [-0.3, -0.25) is 4.98 Å². The fourth-order valence-corrected chi connectivity index (χ4v) is 1.70. The molecule has 3 N–H and O–H groups in total. The highest BCUT2D eigenvalue weighted by molar-refractivity contribution is 6.10. The predicted octanol–water partition coefficient (Wildman–Crippen LogP) is 1.33. The molecule has 0 atom stereocenters. The largest absolute Gasteiger partial charge is 0.478 e. The average molecular weight is 261 g/mol. The molecule has 0 saturated carbocycles. The van der Waals surface area contributed by atoms with E-state index in [1.807, 2.05) is 0 Å². The zero-order valence-corrected chi connectivity index (χ0v) is 9.32. The van der Waals surface area contributed by atoms with Crippen LogP contribution in [0.4, 0.5) is 0 Å². The average Bonchev–Trinajstić information content (AvgIpc) is 2.36. The second-order valence-electron chi connectivity index (χ2n) is 3.70. The Labute approximate surface area is 105 Å². The van der Waals surface area contributed by atoms with Crippen molar-refractivity contribution in [2.24, 2.45) is 0 Å². The second kappa shape index (κ2) is 4.37. The molecule has 0 amide bonds. The van der Waals surface area contributed by atoms with Crippen molar-refractivity contribution >= 4 is 28.8 Å². The van der Waals surface area contributed by atoms with Gasteiger partial charge in [-0.25, -0.2) is 14.4 Å². The normalized spacial score (nSPS) is 10.3. The number of nitrogens with zero attached hydrogens (tertiary/aromatic N) is 1. The van der Waals surface area contributed by atoms with E-state index in [0.717, 1.165) is 24.4 Å². The Morgan fingerprint density at radius 3 is 2.00 bits per heavy atom. The van der Waals surface area contributed by atoms with E-state index in [1.54, 1.807) is 0 Å². The first-order valence-electron chi connectivity index (χ1n) is 5.04. The van der Waals surface area contributed by atoms with E-state index in [4.69, 9.17) is 15.3 Å². The molecule has 7 heteroatoms. The van der Waals surface area contributed by atoms with Gasteiger partial charge in [0.15, 0.2) is 0 Å². The molecule has 1 heterocycles. The molecule has 0 spiro atoms. The number of fused-ring (bicyclic) bond motifs is 1. The van der Waals surface area contributed by atoms with Crippen LogP contribution in [0.25, 0.3) is 10.9 Å². The lowest BCUT2D eigenvalue weighted by molar-refractivity contribution is 0.0683. The smallest absolute Gasteiger partial charge is 0.337 e. The van der Waals surface area contributed by atoms with E-state index in [1.165, 1.54) is 0 Å². The lowest BCUT2D eigenvalue weighted by Crippen LogP contribution is -2.06. The van der Waals surface area contributed by atoms with Crippen molar-refractivity contribution in [3.8, 4) is 0 Å². The summed E-state index contributed by atoms with van der Waals surface area (Å²) in [6.45, 7) is 0. The number of pyridine rings is 1. The first-order chi connectivity index (χ1) is 8.91. The number of hydrogen-bond donors (Lipinski definition) is 3. The van der Waals surface area contributed by atoms with Gasteiger partial charge in [0.2, 0.25) is 0 Å². The number of hydrogen-bond acceptors (Lipinski definition) is 4. The topological polar surface area (TPSA) is 125 Å². The molecule has 19 heavy (non-hydrogen) atoms. The molecule has 1 aromatic carbocycles. The van der Waals surface area contributed by atoms with Crippen LogP contribution in [0.1, 0.15) is 31.1 Å². The molecule has 0 unspecified atom stereocenters. The Balaban J connectivity index is 2.88. The second-order valence-corrected chi connectivity index (χ2v) is 3.70. The number of carbonyl (C=O) groups is 3. The first kappa shape index (κ1) is 12.5. The van der Waals surface area contributed by atoms with Crippen LogP contribution in [-0.4, -0.2) is 38.2 Å². The molecule has 1 aromatic heterocycles. The summed E-state index contributed by atoms with van der Waals surface area (Å²) in [4.78, 5) is 36.6. The predicted molar refractivity (Wildman–Crippen MR) is 62.6 cm³/mol. The molecule has 0 bridgehead atoms. The Bertz CT molecular complexity index is 721. The van der Waals surface area contributed by atoms with Gasteiger partial charge in [0.05, 0.1) is 22.2 Å². The van der Waals surface area contributed by atoms with Crippen molar-refractivity contribution in [1.29, 1.82) is 0 Å². The summed E-state index contributed by atoms with van der Waals surface area (Å²) in [5.74, 6) is -3.82. The van der Waals surface area contributed by atoms with E-state index < -0.39 is 17.9 Å². The van der Waals surface area contributed by atoms with Gasteiger partial charge in [-0.15, -0.1) is 0 Å². The third-order valence-electron chi connectivity index (χ3n) is 2.56. The van der Waals surface area contributed by atoms with E-state index in [-0.39, 0.29) is 27.6 Å². The van der Waals surface area contributed by atoms with E-state index in [9.17, 15) is 14.4 Å². The Morgan fingerprint density at radius 1 is 0.895 bits per heavy atom. The van der Waals surface area contributed by atoms with Crippen LogP contribution in [0.15, 0.2) is 24.4 Å². The third-order valence-corrected chi connectivity index (χ3v) is 2.56. The van der Waals surface area contributed by atoms with Gasteiger partial charge < -0.3 is 15.3 Å². The molecular weight excluding hydrogens is 254 g/mol. The third kappa shape index (κ3) is 2.08. The number of rotatable bonds is 3. The molecule has 0 radical (unpaired) electrons. The highest BCUT2D eigenvalue weighted by Gasteiger charge is 2.17. The fourth-order valence-electron chi connectivity index (χ4n) is 1.70. The van der Waals surface area contributed by atoms with Crippen LogP contribution in [0.3, 0.4) is 0 Å². The minimum Gasteiger partial charge on any atom is -0.478 e. The summed E-state index contributed by atoms with van der Waals surface area (Å²) in [5, 5.41) is 26.8. The lowest BCUT2D eigenvalue weighted by Gasteiger charge is -2.06. The molecule has 0 fully saturated rings. The zero-order valence-electron chi connectivity index (χ0n) is 9.32. The van der Waals surface area contributed by atoms with Gasteiger partial charge in [-0.05, 0) is 18.2 Å². The summed E-state index contributed by atoms with van der Waals surface area (Å²) in [6, 6.07) is 3.34. The highest BCUT2D eigenvalue weighted by Crippen LogP contribution is 2.22. The maximum atomic E-state index is 11.1. The molecule has 0 aliphatic heterocycles. The van der Waals surface area contributed by atoms with Crippen molar-refractivity contribution in [3.63, 3.8) is 0 Å². The van der Waals surface area contributed by atoms with Crippen molar-refractivity contribution in [2.75, 3.05) is 0 Å². The molecule has 0 aliphatic carbocycles. The summed E-state index contributed by atoms with van der Waals surface area (Å²) in [7, 11) is 0. The number of aromatic nitrogens is 1. The Morgan fingerprint density at radius 2 is 1.47 bits per heavy atom. The number of carboxylic acids is 3. The first-order valence-corrected chi connectivity index (χ1v) is 5.04. The van der Waals surface area contributed by atoms with Crippen LogP contribution in [-0.2, 0) is 0 Å². The van der Waals surface area contributed by atoms with Gasteiger partial charge in [0, 0.05) is 11.6 Å². The monoisotopic (exact) mass is 261 g/mol. The van der Waals surface area contributed by atoms with Crippen LogP contribution in [0.5, 0.6) is 0 Å². The summed E-state index contributed by atoms with van der Waals surface area (Å²) >= 11 is 0. The van der Waals surface area contributed by atoms with Crippen molar-refractivity contribution in [1.82, 2.24) is 4.98 Å². The number of carboxylic acid groups (broad SMARTS) is 3. The molecule has 2 aromatic rings. The molecule has 0 saturated heterocycles. The summed E-state index contributed by atoms with van der Waals surface area (Å²) in [6.07, 6.45) is 0.989. The van der Waals surface area contributed by atoms with Crippen LogP contribution in [0.2, 0.25) is 0 Å². The molecule has 7 nitrogen and oxygen atoms in total. The standard InChI is InChI=1S/C12H7NO6/c14-10(15)5-3-8-6(11(16)17)1-2-7(12(18)19)9(8)13-4-5/h1-4H,(H,14,15)(H,16,17)(H,18,19). The number of aromatic carboxylic acids is 3. The van der Waals surface area contributed by atoms with Gasteiger partial charge in [0.1, 0.15) is 0 Å². The van der Waals surface area contributed by atoms with Crippen LogP contribution in [0, 0.1) is 0 Å². The summed E-state index contributed by atoms with van der Waals surface area (Å²) in [5.41, 5.74) is -0.650. The van der Waals surface area contributed by atoms with E-state index in [0.29, 0.717) is 0 Å². The molecular formula is C12H7NO6. The fraction of sp³-hybridized carbons (Fsp3) is 0. The van der Waals surface area contributed by atoms with Crippen molar-refractivity contribution < 1.29 is 29.7 Å². The van der Waals surface area contributed by atoms with Gasteiger partial charge in [0.25, 0.3) is 0 Å². The Hall–Kier alpha value is -2.96. The summed E-state index contributed by atoms with van der Waals surface area (Å²) < 4.78 is 0. The number of benzene rings is 1. The van der Waals surface area contributed by atoms with Crippen molar-refractivity contribution in [2.45, 2.75) is 0 Å². The van der Waals surface area contributed by atoms with E-state index in [2.05, 4.69) is 4.98 Å². The van der Waals surface area contributed by atoms with Crippen LogP contribution >= 0.6 is 0 Å². The minimum atomic E-state index is -1.29. The SMILES string of the molecule is O=C(O)c1cnc2c(C(=O)O)ccc(C(=O)O)c2c1.